The Labute approximate surface area is 68.1 Å². The molecule has 1 heterocycles. The van der Waals surface area contributed by atoms with E-state index in [1.807, 2.05) is 0 Å². The Balaban J connectivity index is 2.91. The molecule has 0 unspecified atom stereocenters. The lowest BCUT2D eigenvalue weighted by molar-refractivity contribution is -0.131. The van der Waals surface area contributed by atoms with Crippen LogP contribution in [0.1, 0.15) is 17.3 Å². The van der Waals surface area contributed by atoms with Crippen molar-refractivity contribution < 1.29 is 18.7 Å². The highest BCUT2D eigenvalue weighted by atomic mass is 16.5. The molecule has 1 aromatic rings. The van der Waals surface area contributed by atoms with Gasteiger partial charge in [0.1, 0.15) is 18.1 Å². The predicted octanol–water partition coefficient (Wildman–Crippen LogP) is 0.304. The third kappa shape index (κ3) is 1.63. The van der Waals surface area contributed by atoms with Gasteiger partial charge in [-0.2, -0.15) is 0 Å². The first-order valence-electron chi connectivity index (χ1n) is 3.15. The summed E-state index contributed by atoms with van der Waals surface area (Å²) in [6, 6.07) is 0. The highest BCUT2D eigenvalue weighted by Gasteiger charge is 2.13. The van der Waals surface area contributed by atoms with Gasteiger partial charge < -0.3 is 14.9 Å². The van der Waals surface area contributed by atoms with E-state index in [2.05, 4.69) is 9.15 Å². The molecule has 0 bridgehead atoms. The maximum Gasteiger partial charge on any atom is 0.308 e. The molecule has 2 N–H and O–H groups in total. The molecule has 0 aliphatic rings. The van der Waals surface area contributed by atoms with E-state index in [9.17, 15) is 9.59 Å². The molecule has 0 fully saturated rings. The third-order valence-electron chi connectivity index (χ3n) is 1.15. The maximum atomic E-state index is 10.6. The van der Waals surface area contributed by atoms with E-state index in [0.29, 0.717) is 0 Å². The SMILES string of the molecule is CC(=O)Oc1cocc1C(N)=O. The van der Waals surface area contributed by atoms with Gasteiger partial charge in [-0.15, -0.1) is 0 Å². The van der Waals surface area contributed by atoms with Crippen LogP contribution >= 0.6 is 0 Å². The van der Waals surface area contributed by atoms with Crippen LogP contribution in [0.5, 0.6) is 5.75 Å². The lowest BCUT2D eigenvalue weighted by Gasteiger charge is -1.96. The van der Waals surface area contributed by atoms with Crippen molar-refractivity contribution in [3.8, 4) is 5.75 Å². The van der Waals surface area contributed by atoms with Crippen molar-refractivity contribution >= 4 is 11.9 Å². The Kier molecular flexibility index (Phi) is 2.14. The molecule has 12 heavy (non-hydrogen) atoms. The second-order valence-electron chi connectivity index (χ2n) is 2.11. The van der Waals surface area contributed by atoms with Crippen molar-refractivity contribution in [1.29, 1.82) is 0 Å². The molecule has 1 amide bonds. The Bertz CT molecular complexity index is 315. The van der Waals surface area contributed by atoms with E-state index in [0.717, 1.165) is 12.5 Å². The van der Waals surface area contributed by atoms with Crippen LogP contribution in [0.15, 0.2) is 16.9 Å². The summed E-state index contributed by atoms with van der Waals surface area (Å²) in [7, 11) is 0. The van der Waals surface area contributed by atoms with Crippen LogP contribution in [0.2, 0.25) is 0 Å². The average Bonchev–Trinajstić information content (AvgIpc) is 2.33. The highest BCUT2D eigenvalue weighted by Crippen LogP contribution is 2.18. The van der Waals surface area contributed by atoms with E-state index < -0.39 is 11.9 Å². The van der Waals surface area contributed by atoms with Crippen molar-refractivity contribution in [2.75, 3.05) is 0 Å². The lowest BCUT2D eigenvalue weighted by atomic mass is 10.3. The van der Waals surface area contributed by atoms with Crippen molar-refractivity contribution in [2.45, 2.75) is 6.92 Å². The molecule has 0 saturated heterocycles. The Morgan fingerprint density at radius 3 is 2.67 bits per heavy atom. The molecular weight excluding hydrogens is 162 g/mol. The summed E-state index contributed by atoms with van der Waals surface area (Å²) < 4.78 is 9.24. The van der Waals surface area contributed by atoms with Gasteiger partial charge in [0.25, 0.3) is 5.91 Å². The summed E-state index contributed by atoms with van der Waals surface area (Å²) in [5.74, 6) is -1.17. The van der Waals surface area contributed by atoms with Gasteiger partial charge in [-0.3, -0.25) is 9.59 Å². The number of ether oxygens (including phenoxy) is 1. The van der Waals surface area contributed by atoms with Gasteiger partial charge in [0.15, 0.2) is 5.75 Å². The average molecular weight is 169 g/mol. The van der Waals surface area contributed by atoms with Crippen LogP contribution in [-0.2, 0) is 4.79 Å². The smallest absolute Gasteiger partial charge is 0.308 e. The fourth-order valence-corrected chi connectivity index (χ4v) is 0.699. The zero-order valence-corrected chi connectivity index (χ0v) is 6.37. The van der Waals surface area contributed by atoms with Gasteiger partial charge in [0.2, 0.25) is 0 Å². The van der Waals surface area contributed by atoms with Crippen LogP contribution in [-0.4, -0.2) is 11.9 Å². The van der Waals surface area contributed by atoms with Gasteiger partial charge in [-0.25, -0.2) is 0 Å². The molecule has 0 spiro atoms. The largest absolute Gasteiger partial charge is 0.468 e. The number of carbonyl (C=O) groups excluding carboxylic acids is 2. The molecular formula is C7H7NO4. The molecule has 1 rings (SSSR count). The number of esters is 1. The Morgan fingerprint density at radius 1 is 1.50 bits per heavy atom. The summed E-state index contributed by atoms with van der Waals surface area (Å²) in [5, 5.41) is 0. The van der Waals surface area contributed by atoms with Crippen molar-refractivity contribution in [2.24, 2.45) is 5.73 Å². The maximum absolute atomic E-state index is 10.6. The lowest BCUT2D eigenvalue weighted by Crippen LogP contribution is -2.12. The monoisotopic (exact) mass is 169 g/mol. The van der Waals surface area contributed by atoms with Gasteiger partial charge in [-0.05, 0) is 0 Å². The molecule has 0 radical (unpaired) electrons. The quantitative estimate of drug-likeness (QED) is 0.645. The second-order valence-corrected chi connectivity index (χ2v) is 2.11. The normalized spacial score (nSPS) is 9.42. The molecule has 0 aliphatic carbocycles. The minimum Gasteiger partial charge on any atom is -0.468 e. The molecule has 0 aromatic carbocycles. The predicted molar refractivity (Wildman–Crippen MR) is 38.5 cm³/mol. The van der Waals surface area contributed by atoms with Gasteiger partial charge in [-0.1, -0.05) is 0 Å². The minimum atomic E-state index is -0.694. The standard InChI is InChI=1S/C7H7NO4/c1-4(9)12-6-3-11-2-5(6)7(8)10/h2-3H,1H3,(H2,8,10). The van der Waals surface area contributed by atoms with Crippen LogP contribution in [0.4, 0.5) is 0 Å². The summed E-state index contributed by atoms with van der Waals surface area (Å²) >= 11 is 0. The fourth-order valence-electron chi connectivity index (χ4n) is 0.699. The van der Waals surface area contributed by atoms with Crippen LogP contribution in [0, 0.1) is 0 Å². The summed E-state index contributed by atoms with van der Waals surface area (Å²) in [6.07, 6.45) is 2.27. The summed E-state index contributed by atoms with van der Waals surface area (Å²) in [6.45, 7) is 1.22. The number of primary amides is 1. The number of carbonyl (C=O) groups is 2. The molecule has 0 saturated carbocycles. The minimum absolute atomic E-state index is 0.0509. The Hall–Kier alpha value is -1.78. The number of amides is 1. The van der Waals surface area contributed by atoms with Crippen molar-refractivity contribution in [1.82, 2.24) is 0 Å². The topological polar surface area (TPSA) is 82.5 Å². The second kappa shape index (κ2) is 3.08. The first kappa shape index (κ1) is 8.32. The fraction of sp³-hybridized carbons (Fsp3) is 0.143. The van der Waals surface area contributed by atoms with Gasteiger partial charge in [0.05, 0.1) is 0 Å². The van der Waals surface area contributed by atoms with Crippen LogP contribution < -0.4 is 10.5 Å². The zero-order chi connectivity index (χ0) is 9.14. The number of furan rings is 1. The summed E-state index contributed by atoms with van der Waals surface area (Å²) in [5.41, 5.74) is 5.00. The van der Waals surface area contributed by atoms with E-state index in [4.69, 9.17) is 5.73 Å². The van der Waals surface area contributed by atoms with E-state index in [1.54, 1.807) is 0 Å². The third-order valence-corrected chi connectivity index (χ3v) is 1.15. The number of hydrogen-bond acceptors (Lipinski definition) is 4. The van der Waals surface area contributed by atoms with Crippen molar-refractivity contribution in [3.63, 3.8) is 0 Å². The molecule has 0 atom stereocenters. The van der Waals surface area contributed by atoms with Gasteiger partial charge >= 0.3 is 5.97 Å². The number of hydrogen-bond donors (Lipinski definition) is 1. The molecule has 5 nitrogen and oxygen atoms in total. The first-order valence-corrected chi connectivity index (χ1v) is 3.15. The molecule has 0 aliphatic heterocycles. The van der Waals surface area contributed by atoms with E-state index in [-0.39, 0.29) is 11.3 Å². The number of rotatable bonds is 2. The van der Waals surface area contributed by atoms with Crippen LogP contribution in [0.3, 0.4) is 0 Å². The van der Waals surface area contributed by atoms with Crippen molar-refractivity contribution in [3.05, 3.63) is 18.1 Å². The van der Waals surface area contributed by atoms with Gasteiger partial charge in [0, 0.05) is 6.92 Å². The first-order chi connectivity index (χ1) is 5.61. The molecule has 1 aromatic heterocycles. The number of nitrogens with two attached hydrogens (primary N) is 1. The molecule has 5 heteroatoms. The van der Waals surface area contributed by atoms with E-state index in [1.165, 1.54) is 6.92 Å². The highest BCUT2D eigenvalue weighted by molar-refractivity contribution is 5.95. The van der Waals surface area contributed by atoms with E-state index >= 15 is 0 Å². The summed E-state index contributed by atoms with van der Waals surface area (Å²) in [4.78, 5) is 21.1. The Morgan fingerprint density at radius 2 is 2.17 bits per heavy atom. The molecule has 64 valence electrons. The van der Waals surface area contributed by atoms with Crippen LogP contribution in [0.25, 0.3) is 0 Å². The zero-order valence-electron chi connectivity index (χ0n) is 6.37.